The van der Waals surface area contributed by atoms with E-state index >= 15 is 0 Å². The van der Waals surface area contributed by atoms with E-state index in [1.54, 1.807) is 13.3 Å². The zero-order chi connectivity index (χ0) is 13.5. The first-order chi connectivity index (χ1) is 8.69. The van der Waals surface area contributed by atoms with Crippen LogP contribution in [0.1, 0.15) is 19.4 Å². The average molecular weight is 282 g/mol. The fourth-order valence-corrected chi connectivity index (χ4v) is 1.86. The second kappa shape index (κ2) is 8.51. The molecule has 2 aromatic rings. The number of nitrogens with zero attached hydrogens (tertiary/aromatic N) is 1. The second-order valence-electron chi connectivity index (χ2n) is 3.61. The Morgan fingerprint density at radius 2 is 1.74 bits per heavy atom. The van der Waals surface area contributed by atoms with Crippen LogP contribution in [-0.4, -0.2) is 17.6 Å². The van der Waals surface area contributed by atoms with Crippen LogP contribution >= 0.6 is 11.6 Å². The Morgan fingerprint density at radius 3 is 2.21 bits per heavy atom. The quantitative estimate of drug-likeness (QED) is 0.838. The van der Waals surface area contributed by atoms with Gasteiger partial charge in [-0.3, -0.25) is 0 Å². The van der Waals surface area contributed by atoms with E-state index < -0.39 is 0 Å². The smallest absolute Gasteiger partial charge is 0.212 e. The lowest BCUT2D eigenvalue weighted by Crippen LogP contribution is -1.87. The predicted molar refractivity (Wildman–Crippen MR) is 80.9 cm³/mol. The zero-order valence-corrected chi connectivity index (χ0v) is 12.5. The average Bonchev–Trinajstić information content (AvgIpc) is 2.40. The highest BCUT2D eigenvalue weighted by molar-refractivity contribution is 6.30. The van der Waals surface area contributed by atoms with Crippen molar-refractivity contribution in [1.82, 2.24) is 4.98 Å². The SMILES string of the molecule is CC.COc1ccc(-c2cc(C)cc(Cl)c2)cn1.O. The number of benzene rings is 1. The third-order valence-electron chi connectivity index (χ3n) is 2.32. The maximum Gasteiger partial charge on any atom is 0.212 e. The van der Waals surface area contributed by atoms with Gasteiger partial charge in [0.25, 0.3) is 0 Å². The first-order valence-electron chi connectivity index (χ1n) is 5.96. The Balaban J connectivity index is 0.00000103. The van der Waals surface area contributed by atoms with Crippen LogP contribution in [0.2, 0.25) is 5.02 Å². The van der Waals surface area contributed by atoms with Crippen LogP contribution in [-0.2, 0) is 0 Å². The summed E-state index contributed by atoms with van der Waals surface area (Å²) in [7, 11) is 1.60. The molecule has 0 aliphatic heterocycles. The molecule has 2 rings (SSSR count). The van der Waals surface area contributed by atoms with Crippen molar-refractivity contribution in [3.63, 3.8) is 0 Å². The number of hydrogen-bond donors (Lipinski definition) is 0. The normalized spacial score (nSPS) is 8.89. The van der Waals surface area contributed by atoms with Crippen molar-refractivity contribution in [2.45, 2.75) is 20.8 Å². The monoisotopic (exact) mass is 281 g/mol. The number of rotatable bonds is 2. The molecule has 0 spiro atoms. The highest BCUT2D eigenvalue weighted by atomic mass is 35.5. The van der Waals surface area contributed by atoms with E-state index in [1.165, 1.54) is 0 Å². The third kappa shape index (κ3) is 4.89. The summed E-state index contributed by atoms with van der Waals surface area (Å²) in [6.45, 7) is 6.02. The summed E-state index contributed by atoms with van der Waals surface area (Å²) in [6.07, 6.45) is 1.78. The molecule has 19 heavy (non-hydrogen) atoms. The van der Waals surface area contributed by atoms with Gasteiger partial charge in [0.15, 0.2) is 0 Å². The zero-order valence-electron chi connectivity index (χ0n) is 11.7. The van der Waals surface area contributed by atoms with Crippen molar-refractivity contribution in [3.8, 4) is 17.0 Å². The molecule has 0 saturated heterocycles. The lowest BCUT2D eigenvalue weighted by atomic mass is 10.1. The first-order valence-corrected chi connectivity index (χ1v) is 6.34. The summed E-state index contributed by atoms with van der Waals surface area (Å²) < 4.78 is 5.02. The van der Waals surface area contributed by atoms with Gasteiger partial charge in [-0.15, -0.1) is 0 Å². The van der Waals surface area contributed by atoms with Gasteiger partial charge in [0.1, 0.15) is 0 Å². The maximum atomic E-state index is 6.01. The van der Waals surface area contributed by atoms with Crippen molar-refractivity contribution in [1.29, 1.82) is 0 Å². The van der Waals surface area contributed by atoms with Gasteiger partial charge in [-0.1, -0.05) is 31.5 Å². The van der Waals surface area contributed by atoms with E-state index in [2.05, 4.69) is 11.1 Å². The predicted octanol–water partition coefficient (Wildman–Crippen LogP) is 3.92. The Bertz CT molecular complexity index is 478. The van der Waals surface area contributed by atoms with Gasteiger partial charge in [0.2, 0.25) is 5.88 Å². The van der Waals surface area contributed by atoms with Crippen LogP contribution in [0, 0.1) is 6.92 Å². The summed E-state index contributed by atoms with van der Waals surface area (Å²) in [6, 6.07) is 9.75. The molecule has 0 unspecified atom stereocenters. The molecule has 0 amide bonds. The minimum Gasteiger partial charge on any atom is -0.481 e. The molecular weight excluding hydrogens is 262 g/mol. The van der Waals surface area contributed by atoms with Gasteiger partial charge in [0, 0.05) is 22.8 Å². The van der Waals surface area contributed by atoms with Crippen molar-refractivity contribution < 1.29 is 10.2 Å². The lowest BCUT2D eigenvalue weighted by molar-refractivity contribution is 0.398. The second-order valence-corrected chi connectivity index (χ2v) is 4.04. The van der Waals surface area contributed by atoms with Gasteiger partial charge < -0.3 is 10.2 Å². The Labute approximate surface area is 119 Å². The molecule has 0 aliphatic rings. The molecule has 104 valence electrons. The lowest BCUT2D eigenvalue weighted by Gasteiger charge is -2.05. The highest BCUT2D eigenvalue weighted by Gasteiger charge is 2.01. The van der Waals surface area contributed by atoms with Crippen LogP contribution in [0.5, 0.6) is 5.88 Å². The number of pyridine rings is 1. The third-order valence-corrected chi connectivity index (χ3v) is 2.54. The molecule has 1 aromatic heterocycles. The molecule has 0 fully saturated rings. The van der Waals surface area contributed by atoms with Crippen LogP contribution < -0.4 is 4.74 Å². The standard InChI is InChI=1S/C13H12ClNO.C2H6.H2O/c1-9-5-11(7-12(14)6-9)10-3-4-13(16-2)15-8-10;1-2;/h3-8H,1-2H3;1-2H3;1H2. The Kier molecular flexibility index (Phi) is 7.80. The number of methoxy groups -OCH3 is 1. The van der Waals surface area contributed by atoms with Gasteiger partial charge in [0.05, 0.1) is 7.11 Å². The molecule has 4 heteroatoms. The number of hydrogen-bond acceptors (Lipinski definition) is 2. The van der Waals surface area contributed by atoms with E-state index in [0.29, 0.717) is 5.88 Å². The largest absolute Gasteiger partial charge is 0.481 e. The molecule has 0 bridgehead atoms. The summed E-state index contributed by atoms with van der Waals surface area (Å²) in [5.41, 5.74) is 3.24. The fourth-order valence-electron chi connectivity index (χ4n) is 1.57. The highest BCUT2D eigenvalue weighted by Crippen LogP contribution is 2.24. The van der Waals surface area contributed by atoms with Crippen molar-refractivity contribution in [2.24, 2.45) is 0 Å². The van der Waals surface area contributed by atoms with E-state index in [-0.39, 0.29) is 5.48 Å². The van der Waals surface area contributed by atoms with Crippen LogP contribution in [0.15, 0.2) is 36.5 Å². The Hall–Kier alpha value is -1.58. The molecule has 1 heterocycles. The number of ether oxygens (including phenoxy) is 1. The topological polar surface area (TPSA) is 53.6 Å². The molecule has 0 atom stereocenters. The molecule has 2 N–H and O–H groups in total. The Morgan fingerprint density at radius 1 is 1.05 bits per heavy atom. The summed E-state index contributed by atoms with van der Waals surface area (Å²) in [5, 5.41) is 0.741. The minimum atomic E-state index is 0. The van der Waals surface area contributed by atoms with Gasteiger partial charge in [-0.2, -0.15) is 0 Å². The van der Waals surface area contributed by atoms with Crippen LogP contribution in [0.4, 0.5) is 0 Å². The van der Waals surface area contributed by atoms with Crippen molar-refractivity contribution in [2.75, 3.05) is 7.11 Å². The number of aromatic nitrogens is 1. The fraction of sp³-hybridized carbons (Fsp3) is 0.267. The van der Waals surface area contributed by atoms with E-state index in [0.717, 1.165) is 21.7 Å². The van der Waals surface area contributed by atoms with Gasteiger partial charge >= 0.3 is 0 Å². The van der Waals surface area contributed by atoms with Crippen LogP contribution in [0.25, 0.3) is 11.1 Å². The molecular formula is C15H20ClNO2. The molecule has 0 radical (unpaired) electrons. The first kappa shape index (κ1) is 17.4. The van der Waals surface area contributed by atoms with E-state index in [1.807, 2.05) is 45.0 Å². The molecule has 0 aliphatic carbocycles. The summed E-state index contributed by atoms with van der Waals surface area (Å²) in [4.78, 5) is 4.17. The van der Waals surface area contributed by atoms with Crippen LogP contribution in [0.3, 0.4) is 0 Å². The van der Waals surface area contributed by atoms with Crippen molar-refractivity contribution >= 4 is 11.6 Å². The van der Waals surface area contributed by atoms with E-state index in [4.69, 9.17) is 16.3 Å². The molecule has 3 nitrogen and oxygen atoms in total. The van der Waals surface area contributed by atoms with Gasteiger partial charge in [-0.25, -0.2) is 4.98 Å². The molecule has 0 saturated carbocycles. The number of aryl methyl sites for hydroxylation is 1. The summed E-state index contributed by atoms with van der Waals surface area (Å²) in [5.74, 6) is 0.613. The van der Waals surface area contributed by atoms with Crippen molar-refractivity contribution in [3.05, 3.63) is 47.1 Å². The van der Waals surface area contributed by atoms with E-state index in [9.17, 15) is 0 Å². The minimum absolute atomic E-state index is 0. The van der Waals surface area contributed by atoms with Gasteiger partial charge in [-0.05, 0) is 36.2 Å². The number of halogens is 1. The maximum absolute atomic E-state index is 6.01. The molecule has 1 aromatic carbocycles. The summed E-state index contributed by atoms with van der Waals surface area (Å²) >= 11 is 6.01.